The largest absolute Gasteiger partial charge is 0.325 e. The summed E-state index contributed by atoms with van der Waals surface area (Å²) in [5.41, 5.74) is 1.79. The van der Waals surface area contributed by atoms with Gasteiger partial charge in [-0.2, -0.15) is 0 Å². The van der Waals surface area contributed by atoms with Crippen LogP contribution in [0.1, 0.15) is 9.88 Å². The van der Waals surface area contributed by atoms with Crippen LogP contribution in [-0.4, -0.2) is 10.9 Å². The Morgan fingerprint density at radius 3 is 2.82 bits per heavy atom. The number of thiazole rings is 1. The molecule has 0 radical (unpaired) electrons. The molecule has 0 saturated heterocycles. The second-order valence-corrected chi connectivity index (χ2v) is 8.08. The zero-order valence-corrected chi connectivity index (χ0v) is 15.6. The maximum Gasteiger partial charge on any atom is 0.229 e. The Morgan fingerprint density at radius 2 is 2.09 bits per heavy atom. The van der Waals surface area contributed by atoms with Gasteiger partial charge >= 0.3 is 0 Å². The number of aromatic nitrogens is 1. The van der Waals surface area contributed by atoms with Crippen molar-refractivity contribution < 1.29 is 4.79 Å². The number of anilines is 1. The van der Waals surface area contributed by atoms with Crippen LogP contribution in [0.15, 0.2) is 41.8 Å². The van der Waals surface area contributed by atoms with E-state index in [0.29, 0.717) is 6.42 Å². The Labute approximate surface area is 150 Å². The van der Waals surface area contributed by atoms with Gasteiger partial charge in [0.25, 0.3) is 0 Å². The van der Waals surface area contributed by atoms with E-state index in [2.05, 4.69) is 32.9 Å². The first-order chi connectivity index (χ1) is 10.6. The number of nitrogens with zero attached hydrogens (tertiary/aromatic N) is 1. The quantitative estimate of drug-likeness (QED) is 0.583. The van der Waals surface area contributed by atoms with Crippen LogP contribution in [0.4, 0.5) is 5.69 Å². The lowest BCUT2D eigenvalue weighted by molar-refractivity contribution is -0.115. The Morgan fingerprint density at radius 1 is 1.27 bits per heavy atom. The number of hydrogen-bond donors (Lipinski definition) is 1. The molecule has 3 nitrogen and oxygen atoms in total. The van der Waals surface area contributed by atoms with Crippen molar-refractivity contribution in [3.05, 3.63) is 55.2 Å². The second-order valence-electron chi connectivity index (χ2n) is 4.69. The van der Waals surface area contributed by atoms with E-state index in [1.54, 1.807) is 22.7 Å². The van der Waals surface area contributed by atoms with Crippen molar-refractivity contribution in [2.45, 2.75) is 13.3 Å². The van der Waals surface area contributed by atoms with Gasteiger partial charge in [-0.15, -0.1) is 22.7 Å². The van der Waals surface area contributed by atoms with Crippen LogP contribution in [-0.2, 0) is 11.2 Å². The minimum absolute atomic E-state index is 0.00873. The fourth-order valence-corrected chi connectivity index (χ4v) is 4.37. The average molecular weight is 440 g/mol. The highest BCUT2D eigenvalue weighted by Crippen LogP contribution is 2.31. The number of hydrogen-bond acceptors (Lipinski definition) is 4. The van der Waals surface area contributed by atoms with Gasteiger partial charge in [0, 0.05) is 8.45 Å². The third-order valence-corrected chi connectivity index (χ3v) is 5.82. The second kappa shape index (κ2) is 6.89. The van der Waals surface area contributed by atoms with Gasteiger partial charge < -0.3 is 5.32 Å². The maximum absolute atomic E-state index is 12.3. The molecule has 0 saturated carbocycles. The van der Waals surface area contributed by atoms with Gasteiger partial charge in [-0.1, -0.05) is 18.2 Å². The molecule has 22 heavy (non-hydrogen) atoms. The van der Waals surface area contributed by atoms with Crippen molar-refractivity contribution in [1.29, 1.82) is 0 Å². The summed E-state index contributed by atoms with van der Waals surface area (Å²) in [6, 6.07) is 11.8. The number of aryl methyl sites for hydroxylation is 1. The highest BCUT2D eigenvalue weighted by atomic mass is 127. The molecule has 0 aliphatic heterocycles. The number of halogens is 1. The van der Waals surface area contributed by atoms with E-state index in [9.17, 15) is 4.79 Å². The molecule has 0 spiro atoms. The zero-order chi connectivity index (χ0) is 15.5. The number of carbonyl (C=O) groups excluding carboxylic acids is 1. The molecular weight excluding hydrogens is 427 g/mol. The molecule has 6 heteroatoms. The summed E-state index contributed by atoms with van der Waals surface area (Å²) in [7, 11) is 0. The molecule has 0 bridgehead atoms. The average Bonchev–Trinajstić information content (AvgIpc) is 3.11. The molecule has 1 amide bonds. The van der Waals surface area contributed by atoms with E-state index in [0.717, 1.165) is 29.7 Å². The fraction of sp³-hybridized carbons (Fsp3) is 0.125. The normalized spacial score (nSPS) is 10.6. The lowest BCUT2D eigenvalue weighted by Gasteiger charge is -2.06. The van der Waals surface area contributed by atoms with E-state index in [-0.39, 0.29) is 5.91 Å². The molecule has 0 aliphatic carbocycles. The van der Waals surface area contributed by atoms with Crippen LogP contribution in [0.3, 0.4) is 0 Å². The number of thiophene rings is 1. The number of nitrogens with one attached hydrogen (secondary N) is 1. The first kappa shape index (κ1) is 15.6. The molecule has 3 aromatic rings. The summed E-state index contributed by atoms with van der Waals surface area (Å²) in [5.74, 6) is -0.00873. The number of para-hydroxylation sites is 1. The van der Waals surface area contributed by atoms with Crippen LogP contribution in [0, 0.1) is 10.5 Å². The highest BCUT2D eigenvalue weighted by Gasteiger charge is 2.16. The Bertz CT molecular complexity index is 796. The Kier molecular flexibility index (Phi) is 4.90. The van der Waals surface area contributed by atoms with E-state index in [4.69, 9.17) is 0 Å². The minimum Gasteiger partial charge on any atom is -0.325 e. The predicted octanol–water partition coefficient (Wildman–Crippen LogP) is 4.97. The molecule has 0 fully saturated rings. The minimum atomic E-state index is -0.00873. The van der Waals surface area contributed by atoms with Gasteiger partial charge in [0.2, 0.25) is 5.91 Å². The molecular formula is C16H13IN2OS2. The van der Waals surface area contributed by atoms with Gasteiger partial charge in [0.1, 0.15) is 0 Å². The number of carbonyl (C=O) groups is 1. The molecule has 112 valence electrons. The van der Waals surface area contributed by atoms with Gasteiger partial charge in [-0.3, -0.25) is 4.79 Å². The number of benzene rings is 1. The first-order valence-electron chi connectivity index (χ1n) is 6.68. The van der Waals surface area contributed by atoms with E-state index < -0.39 is 0 Å². The SMILES string of the molecule is Cc1nc(-c2cccs2)c(CC(=O)Nc2ccccc2I)s1. The molecule has 0 unspecified atom stereocenters. The Hall–Kier alpha value is -1.25. The molecule has 2 aromatic heterocycles. The van der Waals surface area contributed by atoms with Crippen LogP contribution in [0.25, 0.3) is 10.6 Å². The van der Waals surface area contributed by atoms with Crippen molar-refractivity contribution in [2.75, 3.05) is 5.32 Å². The van der Waals surface area contributed by atoms with Gasteiger partial charge in [-0.25, -0.2) is 4.98 Å². The lowest BCUT2D eigenvalue weighted by Crippen LogP contribution is -2.14. The summed E-state index contributed by atoms with van der Waals surface area (Å²) >= 11 is 5.46. The third kappa shape index (κ3) is 3.56. The monoisotopic (exact) mass is 440 g/mol. The van der Waals surface area contributed by atoms with Crippen molar-refractivity contribution in [3.63, 3.8) is 0 Å². The fourth-order valence-electron chi connectivity index (χ4n) is 2.10. The van der Waals surface area contributed by atoms with Crippen LogP contribution >= 0.6 is 45.3 Å². The topological polar surface area (TPSA) is 42.0 Å². The summed E-state index contributed by atoms with van der Waals surface area (Å²) in [5, 5.41) is 5.99. The van der Waals surface area contributed by atoms with Crippen molar-refractivity contribution in [3.8, 4) is 10.6 Å². The van der Waals surface area contributed by atoms with Crippen LogP contribution < -0.4 is 5.32 Å². The summed E-state index contributed by atoms with van der Waals surface area (Å²) < 4.78 is 1.03. The predicted molar refractivity (Wildman–Crippen MR) is 102 cm³/mol. The smallest absolute Gasteiger partial charge is 0.229 e. The highest BCUT2D eigenvalue weighted by molar-refractivity contribution is 14.1. The van der Waals surface area contributed by atoms with Gasteiger partial charge in [-0.05, 0) is 53.1 Å². The zero-order valence-electron chi connectivity index (χ0n) is 11.8. The maximum atomic E-state index is 12.3. The summed E-state index contributed by atoms with van der Waals surface area (Å²) in [6.07, 6.45) is 0.351. The molecule has 1 aromatic carbocycles. The van der Waals surface area contributed by atoms with Crippen molar-refractivity contribution in [2.24, 2.45) is 0 Å². The van der Waals surface area contributed by atoms with Crippen molar-refractivity contribution in [1.82, 2.24) is 4.98 Å². The molecule has 0 atom stereocenters. The van der Waals surface area contributed by atoms with E-state index in [1.165, 1.54) is 0 Å². The molecule has 0 aliphatic rings. The van der Waals surface area contributed by atoms with Crippen molar-refractivity contribution >= 4 is 56.9 Å². The number of amides is 1. The van der Waals surface area contributed by atoms with Gasteiger partial charge in [0.15, 0.2) is 0 Å². The summed E-state index contributed by atoms with van der Waals surface area (Å²) in [6.45, 7) is 1.98. The third-order valence-electron chi connectivity index (χ3n) is 3.03. The van der Waals surface area contributed by atoms with Crippen LogP contribution in [0.5, 0.6) is 0 Å². The van der Waals surface area contributed by atoms with E-state index >= 15 is 0 Å². The van der Waals surface area contributed by atoms with Gasteiger partial charge in [0.05, 0.1) is 27.7 Å². The molecule has 3 rings (SSSR count). The molecule has 1 N–H and O–H groups in total. The number of rotatable bonds is 4. The van der Waals surface area contributed by atoms with Crippen LogP contribution in [0.2, 0.25) is 0 Å². The first-order valence-corrected chi connectivity index (χ1v) is 9.45. The standard InChI is InChI=1S/C16H13IN2OS2/c1-10-18-16(13-7-4-8-21-13)14(22-10)9-15(20)19-12-6-3-2-5-11(12)17/h2-8H,9H2,1H3,(H,19,20). The Balaban J connectivity index is 1.79. The molecule has 2 heterocycles. The summed E-state index contributed by atoms with van der Waals surface area (Å²) in [4.78, 5) is 19.0. The van der Waals surface area contributed by atoms with E-state index in [1.807, 2.05) is 48.7 Å². The lowest BCUT2D eigenvalue weighted by atomic mass is 10.2.